The number of anilines is 6. The average molecular weight is 506 g/mol. The van der Waals surface area contributed by atoms with Crippen LogP contribution in [0.15, 0.2) is 146 Å². The van der Waals surface area contributed by atoms with E-state index < -0.39 is 0 Å². The quantitative estimate of drug-likeness (QED) is 0.317. The Labute approximate surface area is 235 Å². The van der Waals surface area contributed by atoms with Crippen molar-refractivity contribution < 1.29 is 0 Å². The lowest BCUT2D eigenvalue weighted by atomic mass is 9.19. The van der Waals surface area contributed by atoms with Gasteiger partial charge in [0.15, 0.2) is 0 Å². The van der Waals surface area contributed by atoms with Crippen LogP contribution in [0.4, 0.5) is 34.1 Å². The molecule has 0 amide bonds. The van der Waals surface area contributed by atoms with E-state index in [0.29, 0.717) is 0 Å². The van der Waals surface area contributed by atoms with Crippen molar-refractivity contribution in [1.82, 2.24) is 0 Å². The smallest absolute Gasteiger partial charge is 0.245 e. The summed E-state index contributed by atoms with van der Waals surface area (Å²) in [5, 5.41) is 0. The second-order valence-corrected chi connectivity index (χ2v) is 10.9. The molecule has 0 fully saturated rings. The van der Waals surface area contributed by atoms with Crippen LogP contribution in [0.25, 0.3) is 0 Å². The van der Waals surface area contributed by atoms with Crippen LogP contribution >= 0.6 is 0 Å². The standard InChI is InChI=1S/C36H24B2N2/c1-3-13-25(14-4-1)39-31-21-11-9-19-29(31)37-27-17-7-8-18-28(27)38-30-20-10-12-22-32(30)40(26-15-5-2-6-16-26)34-24-23-33(39)35(37)36(34)38/h1-24H. The van der Waals surface area contributed by atoms with Crippen LogP contribution < -0.4 is 42.6 Å². The van der Waals surface area contributed by atoms with Crippen LogP contribution in [0, 0.1) is 0 Å². The van der Waals surface area contributed by atoms with E-state index >= 15 is 0 Å². The van der Waals surface area contributed by atoms with Crippen molar-refractivity contribution in [2.75, 3.05) is 9.80 Å². The molecule has 0 spiro atoms. The summed E-state index contributed by atoms with van der Waals surface area (Å²) in [5.74, 6) is 0. The number of hydrogen-bond donors (Lipinski definition) is 0. The highest BCUT2D eigenvalue weighted by molar-refractivity contribution is 7.13. The van der Waals surface area contributed by atoms with E-state index in [1.165, 1.54) is 66.9 Å². The van der Waals surface area contributed by atoms with Crippen molar-refractivity contribution >= 4 is 80.3 Å². The number of fused-ring (bicyclic) bond motifs is 7. The van der Waals surface area contributed by atoms with E-state index in [4.69, 9.17) is 0 Å². The van der Waals surface area contributed by atoms with Crippen molar-refractivity contribution in [3.05, 3.63) is 146 Å². The van der Waals surface area contributed by atoms with Gasteiger partial charge in [-0.25, -0.2) is 0 Å². The first kappa shape index (κ1) is 21.9. The molecule has 6 aromatic rings. The molecule has 0 aliphatic carbocycles. The highest BCUT2D eigenvalue weighted by Crippen LogP contribution is 2.41. The molecule has 3 heterocycles. The summed E-state index contributed by atoms with van der Waals surface area (Å²) in [6, 6.07) is 53.5. The van der Waals surface area contributed by atoms with Gasteiger partial charge in [0.05, 0.1) is 0 Å². The second-order valence-electron chi connectivity index (χ2n) is 10.9. The lowest BCUT2D eigenvalue weighted by molar-refractivity contribution is 1.27. The summed E-state index contributed by atoms with van der Waals surface area (Å²) in [4.78, 5) is 4.94. The Bertz CT molecular complexity index is 1770. The molecule has 3 aliphatic rings. The molecule has 0 radical (unpaired) electrons. The Morgan fingerprint density at radius 1 is 0.300 bits per heavy atom. The number of benzene rings is 6. The van der Waals surface area contributed by atoms with Crippen molar-refractivity contribution in [2.45, 2.75) is 0 Å². The van der Waals surface area contributed by atoms with Crippen molar-refractivity contribution in [1.29, 1.82) is 0 Å². The van der Waals surface area contributed by atoms with Gasteiger partial charge in [0.25, 0.3) is 0 Å². The highest BCUT2D eigenvalue weighted by atomic mass is 15.2. The van der Waals surface area contributed by atoms with E-state index in [1.807, 2.05) is 0 Å². The zero-order valence-electron chi connectivity index (χ0n) is 21.9. The fourth-order valence-electron chi connectivity index (χ4n) is 7.44. The molecule has 6 aromatic carbocycles. The average Bonchev–Trinajstić information content (AvgIpc) is 3.03. The molecule has 0 N–H and O–H groups in total. The van der Waals surface area contributed by atoms with Gasteiger partial charge in [-0.2, -0.15) is 0 Å². The van der Waals surface area contributed by atoms with Gasteiger partial charge in [0.2, 0.25) is 13.4 Å². The first-order valence-electron chi connectivity index (χ1n) is 14.0. The molecule has 2 nitrogen and oxygen atoms in total. The molecule has 184 valence electrons. The third kappa shape index (κ3) is 2.85. The predicted octanol–water partition coefficient (Wildman–Crippen LogP) is 4.60. The molecular weight excluding hydrogens is 482 g/mol. The van der Waals surface area contributed by atoms with Gasteiger partial charge in [-0.1, -0.05) is 108 Å². The monoisotopic (exact) mass is 506 g/mol. The van der Waals surface area contributed by atoms with Crippen molar-refractivity contribution in [3.8, 4) is 0 Å². The SMILES string of the molecule is c1ccc(N2c3ccccc3B3c4ccccc4B4c5ccccc5N(c5ccccc5)c5ccc2c3c54)cc1. The van der Waals surface area contributed by atoms with E-state index in [-0.39, 0.29) is 13.4 Å². The maximum atomic E-state index is 2.47. The summed E-state index contributed by atoms with van der Waals surface area (Å²) >= 11 is 0. The molecule has 3 aliphatic heterocycles. The minimum absolute atomic E-state index is 0.177. The van der Waals surface area contributed by atoms with Crippen LogP contribution in [0.3, 0.4) is 0 Å². The molecule has 0 bridgehead atoms. The van der Waals surface area contributed by atoms with Crippen LogP contribution in [-0.4, -0.2) is 13.4 Å². The predicted molar refractivity (Wildman–Crippen MR) is 172 cm³/mol. The Balaban J connectivity index is 1.43. The summed E-state index contributed by atoms with van der Waals surface area (Å²) in [6.07, 6.45) is 0. The maximum absolute atomic E-state index is 2.47. The van der Waals surface area contributed by atoms with E-state index in [0.717, 1.165) is 0 Å². The first-order valence-corrected chi connectivity index (χ1v) is 14.0. The first-order chi connectivity index (χ1) is 19.9. The summed E-state index contributed by atoms with van der Waals surface area (Å²) in [6.45, 7) is 0.355. The second kappa shape index (κ2) is 8.27. The van der Waals surface area contributed by atoms with Gasteiger partial charge in [0, 0.05) is 34.1 Å². The van der Waals surface area contributed by atoms with Gasteiger partial charge >= 0.3 is 0 Å². The van der Waals surface area contributed by atoms with Gasteiger partial charge in [-0.3, -0.25) is 0 Å². The fraction of sp³-hybridized carbons (Fsp3) is 0. The number of hydrogen-bond acceptors (Lipinski definition) is 2. The van der Waals surface area contributed by atoms with Crippen LogP contribution in [0.2, 0.25) is 0 Å². The zero-order chi connectivity index (χ0) is 26.2. The molecule has 9 rings (SSSR count). The number of para-hydroxylation sites is 4. The molecule has 0 atom stereocenters. The van der Waals surface area contributed by atoms with Crippen LogP contribution in [-0.2, 0) is 0 Å². The Hall–Kier alpha value is -4.95. The summed E-state index contributed by atoms with van der Waals surface area (Å²) < 4.78 is 0. The molecular formula is C36H24B2N2. The molecule has 40 heavy (non-hydrogen) atoms. The van der Waals surface area contributed by atoms with E-state index in [9.17, 15) is 0 Å². The Morgan fingerprint density at radius 3 is 1.07 bits per heavy atom. The van der Waals surface area contributed by atoms with Gasteiger partial charge in [-0.05, 0) is 70.4 Å². The maximum Gasteiger partial charge on any atom is 0.245 e. The third-order valence-corrected chi connectivity index (χ3v) is 8.92. The van der Waals surface area contributed by atoms with Gasteiger partial charge in [0.1, 0.15) is 0 Å². The lowest BCUT2D eigenvalue weighted by Gasteiger charge is -2.46. The normalized spacial score (nSPS) is 13.8. The third-order valence-electron chi connectivity index (χ3n) is 8.92. The Kier molecular flexibility index (Phi) is 4.53. The lowest BCUT2D eigenvalue weighted by Crippen LogP contribution is -2.78. The molecule has 4 heteroatoms. The van der Waals surface area contributed by atoms with Gasteiger partial charge < -0.3 is 9.80 Å². The fourth-order valence-corrected chi connectivity index (χ4v) is 7.44. The van der Waals surface area contributed by atoms with Gasteiger partial charge in [-0.15, -0.1) is 0 Å². The van der Waals surface area contributed by atoms with E-state index in [2.05, 4.69) is 155 Å². The van der Waals surface area contributed by atoms with Crippen molar-refractivity contribution in [3.63, 3.8) is 0 Å². The van der Waals surface area contributed by atoms with Crippen molar-refractivity contribution in [2.24, 2.45) is 0 Å². The summed E-state index contributed by atoms with van der Waals surface area (Å²) in [7, 11) is 0. The molecule has 0 aromatic heterocycles. The highest BCUT2D eigenvalue weighted by Gasteiger charge is 2.48. The molecule has 0 saturated carbocycles. The molecule has 0 saturated heterocycles. The minimum Gasteiger partial charge on any atom is -0.312 e. The molecule has 0 unspecified atom stereocenters. The topological polar surface area (TPSA) is 6.48 Å². The minimum atomic E-state index is 0.177. The number of rotatable bonds is 2. The van der Waals surface area contributed by atoms with E-state index in [1.54, 1.807) is 0 Å². The van der Waals surface area contributed by atoms with Crippen LogP contribution in [0.1, 0.15) is 0 Å². The zero-order valence-corrected chi connectivity index (χ0v) is 21.9. The number of nitrogens with zero attached hydrogens (tertiary/aromatic N) is 2. The van der Waals surface area contributed by atoms with Crippen LogP contribution in [0.5, 0.6) is 0 Å². The Morgan fingerprint density at radius 2 is 0.650 bits per heavy atom. The summed E-state index contributed by atoms with van der Waals surface area (Å²) in [5.41, 5.74) is 15.9. The largest absolute Gasteiger partial charge is 0.312 e.